The van der Waals surface area contributed by atoms with Gasteiger partial charge in [-0.3, -0.25) is 20.6 Å². The molecule has 1 aromatic heterocycles. The minimum Gasteiger partial charge on any atom is -0.444 e. The third kappa shape index (κ3) is 6.45. The van der Waals surface area contributed by atoms with Crippen LogP contribution in [-0.2, 0) is 4.74 Å². The summed E-state index contributed by atoms with van der Waals surface area (Å²) in [7, 11) is 0. The Hall–Kier alpha value is -3.72. The standard InChI is InChI=1S/C26H29N5O3S/c1-26(2,3)34-25(33)31-12-10-21(16-31)17-5-4-6-22(14-17)28-24(35)30-29-23(32)19-7-8-20-15-27-11-9-18(20)13-19/h4-9,11,13-15,21H,10,12,16H2,1-3H3,(H,29,32)(H2,28,30,35). The molecule has 2 heterocycles. The molecule has 0 saturated carbocycles. The highest BCUT2D eigenvalue weighted by atomic mass is 32.1. The average molecular weight is 492 g/mol. The molecule has 1 fully saturated rings. The van der Waals surface area contributed by atoms with Gasteiger partial charge in [0.15, 0.2) is 5.11 Å². The van der Waals surface area contributed by atoms with Gasteiger partial charge in [0.05, 0.1) is 0 Å². The van der Waals surface area contributed by atoms with Crippen molar-refractivity contribution < 1.29 is 14.3 Å². The fourth-order valence-electron chi connectivity index (χ4n) is 3.97. The van der Waals surface area contributed by atoms with Gasteiger partial charge in [0.1, 0.15) is 5.60 Å². The molecule has 3 aromatic rings. The highest BCUT2D eigenvalue weighted by molar-refractivity contribution is 7.80. The Labute approximate surface area is 210 Å². The Morgan fingerprint density at radius 2 is 1.91 bits per heavy atom. The lowest BCUT2D eigenvalue weighted by molar-refractivity contribution is 0.0292. The van der Waals surface area contributed by atoms with Crippen molar-refractivity contribution in [2.24, 2.45) is 0 Å². The monoisotopic (exact) mass is 491 g/mol. The van der Waals surface area contributed by atoms with E-state index in [9.17, 15) is 9.59 Å². The summed E-state index contributed by atoms with van der Waals surface area (Å²) < 4.78 is 5.49. The minimum absolute atomic E-state index is 0.216. The first-order chi connectivity index (χ1) is 16.7. The molecule has 1 atom stereocenters. The van der Waals surface area contributed by atoms with Crippen molar-refractivity contribution in [2.75, 3.05) is 18.4 Å². The van der Waals surface area contributed by atoms with E-state index in [-0.39, 0.29) is 23.0 Å². The van der Waals surface area contributed by atoms with Crippen molar-refractivity contribution >= 4 is 45.8 Å². The van der Waals surface area contributed by atoms with Crippen LogP contribution in [-0.4, -0.2) is 45.7 Å². The van der Waals surface area contributed by atoms with Crippen LogP contribution in [0.5, 0.6) is 0 Å². The van der Waals surface area contributed by atoms with E-state index < -0.39 is 5.60 Å². The molecule has 1 aliphatic rings. The molecule has 0 radical (unpaired) electrons. The van der Waals surface area contributed by atoms with Gasteiger partial charge in [-0.15, -0.1) is 0 Å². The molecule has 1 saturated heterocycles. The van der Waals surface area contributed by atoms with Crippen LogP contribution in [0.1, 0.15) is 49.0 Å². The first-order valence-corrected chi connectivity index (χ1v) is 11.9. The number of carbonyl (C=O) groups is 2. The fraction of sp³-hybridized carbons (Fsp3) is 0.308. The molecule has 4 rings (SSSR count). The van der Waals surface area contributed by atoms with Gasteiger partial charge in [-0.1, -0.05) is 18.2 Å². The number of fused-ring (bicyclic) bond motifs is 1. The van der Waals surface area contributed by atoms with Crippen molar-refractivity contribution in [2.45, 2.75) is 38.7 Å². The minimum atomic E-state index is -0.511. The van der Waals surface area contributed by atoms with Crippen LogP contribution in [0.25, 0.3) is 10.8 Å². The predicted octanol–water partition coefficient (Wildman–Crippen LogP) is 4.59. The van der Waals surface area contributed by atoms with Crippen LogP contribution >= 0.6 is 12.2 Å². The molecule has 0 aliphatic carbocycles. The van der Waals surface area contributed by atoms with Crippen molar-refractivity contribution in [1.29, 1.82) is 0 Å². The molecule has 1 unspecified atom stereocenters. The topological polar surface area (TPSA) is 95.6 Å². The summed E-state index contributed by atoms with van der Waals surface area (Å²) in [4.78, 5) is 30.7. The number of benzene rings is 2. The van der Waals surface area contributed by atoms with E-state index in [0.717, 1.165) is 28.4 Å². The average Bonchev–Trinajstić information content (AvgIpc) is 3.32. The second-order valence-electron chi connectivity index (χ2n) is 9.51. The third-order valence-corrected chi connectivity index (χ3v) is 5.85. The Balaban J connectivity index is 1.30. The first kappa shape index (κ1) is 24.4. The maximum atomic E-state index is 12.5. The van der Waals surface area contributed by atoms with Crippen LogP contribution in [0.3, 0.4) is 0 Å². The summed E-state index contributed by atoms with van der Waals surface area (Å²) in [5.74, 6) is -0.0802. The first-order valence-electron chi connectivity index (χ1n) is 11.5. The Morgan fingerprint density at radius 3 is 2.71 bits per heavy atom. The van der Waals surface area contributed by atoms with Gasteiger partial charge < -0.3 is 15.0 Å². The van der Waals surface area contributed by atoms with E-state index >= 15 is 0 Å². The second-order valence-corrected chi connectivity index (χ2v) is 9.92. The van der Waals surface area contributed by atoms with Gasteiger partial charge in [-0.2, -0.15) is 0 Å². The van der Waals surface area contributed by atoms with E-state index in [0.29, 0.717) is 18.7 Å². The zero-order chi connectivity index (χ0) is 25.0. The largest absolute Gasteiger partial charge is 0.444 e. The molecule has 1 aliphatic heterocycles. The van der Waals surface area contributed by atoms with Crippen LogP contribution in [0.2, 0.25) is 0 Å². The number of nitrogens with one attached hydrogen (secondary N) is 3. The lowest BCUT2D eigenvalue weighted by Crippen LogP contribution is -2.43. The quantitative estimate of drug-likeness (QED) is 0.364. The zero-order valence-corrected chi connectivity index (χ0v) is 20.8. The van der Waals surface area contributed by atoms with Crippen LogP contribution in [0, 0.1) is 0 Å². The van der Waals surface area contributed by atoms with Crippen molar-refractivity contribution in [3.05, 3.63) is 72.1 Å². The number of anilines is 1. The molecule has 0 spiro atoms. The second kappa shape index (κ2) is 10.3. The highest BCUT2D eigenvalue weighted by Crippen LogP contribution is 2.29. The summed E-state index contributed by atoms with van der Waals surface area (Å²) in [6.45, 7) is 6.87. The number of hydrogen-bond acceptors (Lipinski definition) is 5. The van der Waals surface area contributed by atoms with Crippen LogP contribution < -0.4 is 16.2 Å². The van der Waals surface area contributed by atoms with E-state index in [2.05, 4.69) is 21.2 Å². The number of pyridine rings is 1. The van der Waals surface area contributed by atoms with E-state index in [1.54, 1.807) is 29.4 Å². The molecule has 2 amide bonds. The molecule has 35 heavy (non-hydrogen) atoms. The summed E-state index contributed by atoms with van der Waals surface area (Å²) in [5.41, 5.74) is 7.28. The Morgan fingerprint density at radius 1 is 1.09 bits per heavy atom. The zero-order valence-electron chi connectivity index (χ0n) is 20.0. The summed E-state index contributed by atoms with van der Waals surface area (Å²) >= 11 is 5.35. The number of ether oxygens (including phenoxy) is 1. The maximum absolute atomic E-state index is 12.5. The van der Waals surface area contributed by atoms with E-state index in [4.69, 9.17) is 17.0 Å². The third-order valence-electron chi connectivity index (χ3n) is 5.65. The number of aromatic nitrogens is 1. The molecule has 9 heteroatoms. The van der Waals surface area contributed by atoms with Gasteiger partial charge in [-0.05, 0) is 80.7 Å². The number of hydrazine groups is 1. The Bertz CT molecular complexity index is 1260. The fourth-order valence-corrected chi connectivity index (χ4v) is 4.14. The van der Waals surface area contributed by atoms with Crippen molar-refractivity contribution in [1.82, 2.24) is 20.7 Å². The SMILES string of the molecule is CC(C)(C)OC(=O)N1CCC(c2cccc(NC(=S)NNC(=O)c3ccc4cnccc4c3)c2)C1. The number of amides is 2. The number of rotatable bonds is 3. The van der Waals surface area contributed by atoms with Gasteiger partial charge in [-0.25, -0.2) is 4.79 Å². The smallest absolute Gasteiger partial charge is 0.410 e. The maximum Gasteiger partial charge on any atom is 0.410 e. The lowest BCUT2D eigenvalue weighted by atomic mass is 9.98. The van der Waals surface area contributed by atoms with Crippen LogP contribution in [0.4, 0.5) is 10.5 Å². The highest BCUT2D eigenvalue weighted by Gasteiger charge is 2.30. The molecule has 3 N–H and O–H groups in total. The van der Waals surface area contributed by atoms with Gasteiger partial charge in [0.25, 0.3) is 5.91 Å². The molecule has 2 aromatic carbocycles. The Kier molecular flexibility index (Phi) is 7.16. The molecular weight excluding hydrogens is 462 g/mol. The number of hydrogen-bond donors (Lipinski definition) is 3. The number of thiocarbonyl (C=S) groups is 1. The number of carbonyl (C=O) groups excluding carboxylic acids is 2. The summed E-state index contributed by atoms with van der Waals surface area (Å²) in [6, 6.07) is 15.1. The number of nitrogens with zero attached hydrogens (tertiary/aromatic N) is 2. The molecular formula is C26H29N5O3S. The van der Waals surface area contributed by atoms with E-state index in [1.165, 1.54) is 0 Å². The van der Waals surface area contributed by atoms with Gasteiger partial charge in [0.2, 0.25) is 0 Å². The normalized spacial score (nSPS) is 15.5. The predicted molar refractivity (Wildman–Crippen MR) is 140 cm³/mol. The molecule has 182 valence electrons. The molecule has 0 bridgehead atoms. The van der Waals surface area contributed by atoms with Gasteiger partial charge in [0, 0.05) is 48.0 Å². The van der Waals surface area contributed by atoms with Crippen molar-refractivity contribution in [3.8, 4) is 0 Å². The summed E-state index contributed by atoms with van der Waals surface area (Å²) in [5, 5.41) is 5.26. The summed E-state index contributed by atoms with van der Waals surface area (Å²) in [6.07, 6.45) is 4.03. The molecule has 8 nitrogen and oxygen atoms in total. The lowest BCUT2D eigenvalue weighted by Gasteiger charge is -2.24. The van der Waals surface area contributed by atoms with Crippen LogP contribution in [0.15, 0.2) is 60.9 Å². The van der Waals surface area contributed by atoms with Crippen molar-refractivity contribution in [3.63, 3.8) is 0 Å². The number of likely N-dealkylation sites (tertiary alicyclic amines) is 1. The van der Waals surface area contributed by atoms with E-state index in [1.807, 2.05) is 57.2 Å². The van der Waals surface area contributed by atoms with Gasteiger partial charge >= 0.3 is 6.09 Å².